The second-order valence-corrected chi connectivity index (χ2v) is 7.66. The Morgan fingerprint density at radius 1 is 1.23 bits per heavy atom. The molecule has 1 aromatic carbocycles. The molecule has 2 aromatic rings. The molecule has 4 rings (SSSR count). The molecule has 0 bridgehead atoms. The Kier molecular flexibility index (Phi) is 5.73. The summed E-state index contributed by atoms with van der Waals surface area (Å²) in [5.41, 5.74) is 8.03. The van der Waals surface area contributed by atoms with Crippen LogP contribution >= 0.6 is 0 Å². The first-order valence-corrected chi connectivity index (χ1v) is 10.2. The van der Waals surface area contributed by atoms with Crippen molar-refractivity contribution in [3.05, 3.63) is 64.5 Å². The third-order valence-corrected chi connectivity index (χ3v) is 5.68. The van der Waals surface area contributed by atoms with Crippen molar-refractivity contribution in [2.24, 2.45) is 10.7 Å². The molecule has 0 atom stereocenters. The van der Waals surface area contributed by atoms with Crippen molar-refractivity contribution in [1.29, 1.82) is 0 Å². The van der Waals surface area contributed by atoms with Crippen LogP contribution in [0.2, 0.25) is 0 Å². The fraction of sp³-hybridized carbons (Fsp3) is 0.304. The highest BCUT2D eigenvalue weighted by atomic mass is 19.1. The fourth-order valence-corrected chi connectivity index (χ4v) is 3.95. The van der Waals surface area contributed by atoms with E-state index in [1.165, 1.54) is 12.1 Å². The lowest BCUT2D eigenvalue weighted by atomic mass is 9.96. The predicted octanol–water partition coefficient (Wildman–Crippen LogP) is 3.36. The van der Waals surface area contributed by atoms with Gasteiger partial charge in [0.2, 0.25) is 5.95 Å². The minimum Gasteiger partial charge on any atom is -0.364 e. The van der Waals surface area contributed by atoms with Crippen LogP contribution < -0.4 is 5.73 Å². The summed E-state index contributed by atoms with van der Waals surface area (Å²) in [5.74, 6) is -2.01. The van der Waals surface area contributed by atoms with E-state index in [9.17, 15) is 14.0 Å². The lowest BCUT2D eigenvalue weighted by molar-refractivity contribution is -0.112. The summed E-state index contributed by atoms with van der Waals surface area (Å²) < 4.78 is 29.3. The lowest BCUT2D eigenvalue weighted by Gasteiger charge is -2.27. The number of nitrogens with zero attached hydrogens (tertiary/aromatic N) is 3. The van der Waals surface area contributed by atoms with E-state index in [1.54, 1.807) is 12.1 Å². The zero-order valence-corrected chi connectivity index (χ0v) is 17.1. The van der Waals surface area contributed by atoms with Gasteiger partial charge in [0.25, 0.3) is 5.91 Å². The second kappa shape index (κ2) is 8.47. The SMILES string of the molecule is CCC1=Nc2ccc(CN3CC=C(c4ccc(C(N)=O)nc4F)CC3)c(F)c2CC1=O. The zero-order chi connectivity index (χ0) is 22.1. The molecule has 3 heterocycles. The van der Waals surface area contributed by atoms with Gasteiger partial charge >= 0.3 is 0 Å². The first-order chi connectivity index (χ1) is 14.9. The fourth-order valence-electron chi connectivity index (χ4n) is 3.95. The number of rotatable bonds is 5. The quantitative estimate of drug-likeness (QED) is 0.746. The molecule has 1 aromatic heterocycles. The van der Waals surface area contributed by atoms with Gasteiger partial charge < -0.3 is 5.73 Å². The van der Waals surface area contributed by atoms with Crippen LogP contribution in [0.5, 0.6) is 0 Å². The molecular weight excluding hydrogens is 402 g/mol. The van der Waals surface area contributed by atoms with Gasteiger partial charge in [0.1, 0.15) is 11.5 Å². The third kappa shape index (κ3) is 4.16. The van der Waals surface area contributed by atoms with Gasteiger partial charge in [-0.05, 0) is 36.6 Å². The number of ketones is 1. The Hall–Kier alpha value is -3.26. The Morgan fingerprint density at radius 2 is 2.03 bits per heavy atom. The number of primary amides is 1. The van der Waals surface area contributed by atoms with Gasteiger partial charge in [-0.2, -0.15) is 4.39 Å². The second-order valence-electron chi connectivity index (χ2n) is 7.66. The molecule has 160 valence electrons. The number of hydrogen-bond acceptors (Lipinski definition) is 5. The number of amides is 1. The zero-order valence-electron chi connectivity index (χ0n) is 17.1. The highest BCUT2D eigenvalue weighted by Gasteiger charge is 2.25. The topological polar surface area (TPSA) is 88.7 Å². The molecule has 2 aliphatic rings. The summed E-state index contributed by atoms with van der Waals surface area (Å²) in [6.45, 7) is 3.36. The number of aliphatic imine (C=N–C) groups is 1. The minimum absolute atomic E-state index is 0.0410. The molecule has 0 fully saturated rings. The van der Waals surface area contributed by atoms with E-state index in [1.807, 2.05) is 17.9 Å². The number of hydrogen-bond donors (Lipinski definition) is 1. The molecule has 8 heteroatoms. The Bertz CT molecular complexity index is 1140. The van der Waals surface area contributed by atoms with Crippen LogP contribution in [-0.4, -0.2) is 40.4 Å². The average molecular weight is 424 g/mol. The van der Waals surface area contributed by atoms with Crippen LogP contribution in [0.1, 0.15) is 46.9 Å². The smallest absolute Gasteiger partial charge is 0.267 e. The first kappa shape index (κ1) is 21.0. The van der Waals surface area contributed by atoms with Crippen molar-refractivity contribution in [3.8, 4) is 0 Å². The third-order valence-electron chi connectivity index (χ3n) is 5.68. The number of pyridine rings is 1. The van der Waals surface area contributed by atoms with Gasteiger partial charge in [-0.25, -0.2) is 14.4 Å². The maximum absolute atomic E-state index is 15.1. The summed E-state index contributed by atoms with van der Waals surface area (Å²) >= 11 is 0. The number of carbonyl (C=O) groups excluding carboxylic acids is 2. The van der Waals surface area contributed by atoms with Gasteiger partial charge in [-0.15, -0.1) is 0 Å². The predicted molar refractivity (Wildman–Crippen MR) is 113 cm³/mol. The van der Waals surface area contributed by atoms with E-state index < -0.39 is 11.9 Å². The summed E-state index contributed by atoms with van der Waals surface area (Å²) in [6.07, 6.45) is 3.01. The van der Waals surface area contributed by atoms with E-state index in [0.717, 1.165) is 5.57 Å². The Balaban J connectivity index is 1.49. The molecule has 0 saturated carbocycles. The average Bonchev–Trinajstić information content (AvgIpc) is 2.76. The van der Waals surface area contributed by atoms with Crippen molar-refractivity contribution < 1.29 is 18.4 Å². The molecule has 0 saturated heterocycles. The highest BCUT2D eigenvalue weighted by molar-refractivity contribution is 6.41. The molecule has 0 aliphatic carbocycles. The highest BCUT2D eigenvalue weighted by Crippen LogP contribution is 2.31. The summed E-state index contributed by atoms with van der Waals surface area (Å²) in [6, 6.07) is 6.40. The summed E-state index contributed by atoms with van der Waals surface area (Å²) in [5, 5.41) is 0. The van der Waals surface area contributed by atoms with Crippen molar-refractivity contribution in [3.63, 3.8) is 0 Å². The van der Waals surface area contributed by atoms with Crippen LogP contribution in [0, 0.1) is 11.8 Å². The first-order valence-electron chi connectivity index (χ1n) is 10.2. The number of carbonyl (C=O) groups is 2. The van der Waals surface area contributed by atoms with Gasteiger partial charge in [-0.1, -0.05) is 19.1 Å². The monoisotopic (exact) mass is 424 g/mol. The molecule has 31 heavy (non-hydrogen) atoms. The van der Waals surface area contributed by atoms with Gasteiger partial charge in [0, 0.05) is 42.7 Å². The number of fused-ring (bicyclic) bond motifs is 1. The summed E-state index contributed by atoms with van der Waals surface area (Å²) in [7, 11) is 0. The van der Waals surface area contributed by atoms with Gasteiger partial charge in [0.15, 0.2) is 5.78 Å². The van der Waals surface area contributed by atoms with Crippen molar-refractivity contribution in [2.45, 2.75) is 32.7 Å². The maximum atomic E-state index is 15.1. The number of nitrogens with two attached hydrogens (primary N) is 1. The van der Waals surface area contributed by atoms with E-state index in [0.29, 0.717) is 60.6 Å². The van der Waals surface area contributed by atoms with E-state index in [4.69, 9.17) is 5.73 Å². The normalized spacial score (nSPS) is 16.5. The lowest BCUT2D eigenvalue weighted by Crippen LogP contribution is -2.29. The molecule has 1 amide bonds. The standard InChI is InChI=1S/C23H22F2N4O2/c1-2-17-20(30)11-16-18(27-17)5-3-14(21(16)24)12-29-9-7-13(8-10-29)15-4-6-19(23(26)31)28-22(15)25/h3-7H,2,8-12H2,1H3,(H2,26,31). The molecule has 0 unspecified atom stereocenters. The maximum Gasteiger partial charge on any atom is 0.267 e. The van der Waals surface area contributed by atoms with E-state index in [2.05, 4.69) is 9.98 Å². The number of benzene rings is 1. The van der Waals surface area contributed by atoms with E-state index >= 15 is 4.39 Å². The van der Waals surface area contributed by atoms with Crippen molar-refractivity contribution >= 4 is 28.7 Å². The van der Waals surface area contributed by atoms with Crippen molar-refractivity contribution in [1.82, 2.24) is 9.88 Å². The van der Waals surface area contributed by atoms with Crippen LogP contribution in [-0.2, 0) is 17.8 Å². The van der Waals surface area contributed by atoms with Gasteiger partial charge in [-0.3, -0.25) is 14.5 Å². The Labute approximate surface area is 178 Å². The molecule has 2 N–H and O–H groups in total. The van der Waals surface area contributed by atoms with Crippen LogP contribution in [0.25, 0.3) is 5.57 Å². The molecule has 6 nitrogen and oxygen atoms in total. The van der Waals surface area contributed by atoms with Crippen molar-refractivity contribution in [2.75, 3.05) is 13.1 Å². The number of halogens is 2. The summed E-state index contributed by atoms with van der Waals surface area (Å²) in [4.78, 5) is 33.2. The van der Waals surface area contributed by atoms with Crippen LogP contribution in [0.15, 0.2) is 35.3 Å². The number of aromatic nitrogens is 1. The van der Waals surface area contributed by atoms with Gasteiger partial charge in [0.05, 0.1) is 11.4 Å². The van der Waals surface area contributed by atoms with Crippen LogP contribution in [0.4, 0.5) is 14.5 Å². The molecule has 0 radical (unpaired) electrons. The van der Waals surface area contributed by atoms with E-state index in [-0.39, 0.29) is 23.7 Å². The largest absolute Gasteiger partial charge is 0.364 e. The molecular formula is C23H22F2N4O2. The minimum atomic E-state index is -0.778. The number of Topliss-reactive ketones (excluding diaryl/α,β-unsaturated/α-hetero) is 1. The molecule has 0 spiro atoms. The van der Waals surface area contributed by atoms with Crippen LogP contribution in [0.3, 0.4) is 0 Å². The Morgan fingerprint density at radius 3 is 2.68 bits per heavy atom. The molecule has 2 aliphatic heterocycles.